The highest BCUT2D eigenvalue weighted by Crippen LogP contribution is 2.14. The standard InChI is InChI=1S/C18H27N3O3/c1-3-12(2)16(21-17(23)15-5-4-10-19-15)18(24)20-14-8-6-13(11-22)7-9-14/h6-9,12,15-16,19,22H,3-5,10-11H2,1-2H3,(H,20,24)(H,21,23)/t12-,15?,16?/m0/s1. The van der Waals surface area contributed by atoms with Gasteiger partial charge in [0.15, 0.2) is 0 Å². The Morgan fingerprint density at radius 2 is 2.04 bits per heavy atom. The molecule has 1 heterocycles. The number of aliphatic hydroxyl groups is 1. The minimum absolute atomic E-state index is 0.0336. The Morgan fingerprint density at radius 3 is 2.58 bits per heavy atom. The van der Waals surface area contributed by atoms with E-state index >= 15 is 0 Å². The Morgan fingerprint density at radius 1 is 1.33 bits per heavy atom. The lowest BCUT2D eigenvalue weighted by molar-refractivity contribution is -0.128. The predicted molar refractivity (Wildman–Crippen MR) is 93.4 cm³/mol. The van der Waals surface area contributed by atoms with E-state index < -0.39 is 6.04 Å². The van der Waals surface area contributed by atoms with Gasteiger partial charge in [-0.1, -0.05) is 32.4 Å². The van der Waals surface area contributed by atoms with Gasteiger partial charge in [-0.2, -0.15) is 0 Å². The van der Waals surface area contributed by atoms with Crippen molar-refractivity contribution in [2.45, 2.75) is 51.8 Å². The molecule has 0 saturated carbocycles. The Balaban J connectivity index is 2.02. The SMILES string of the molecule is CC[C@H](C)C(NC(=O)C1CCCN1)C(=O)Nc1ccc(CO)cc1. The molecule has 1 fully saturated rings. The number of hydrogen-bond donors (Lipinski definition) is 4. The largest absolute Gasteiger partial charge is 0.392 e. The number of rotatable bonds is 7. The third-order valence-electron chi connectivity index (χ3n) is 4.57. The molecule has 4 N–H and O–H groups in total. The average molecular weight is 333 g/mol. The summed E-state index contributed by atoms with van der Waals surface area (Å²) in [5, 5.41) is 18.0. The van der Waals surface area contributed by atoms with Crippen LogP contribution in [0.25, 0.3) is 0 Å². The number of benzene rings is 1. The third-order valence-corrected chi connectivity index (χ3v) is 4.57. The predicted octanol–water partition coefficient (Wildman–Crippen LogP) is 1.40. The molecule has 0 bridgehead atoms. The van der Waals surface area contributed by atoms with Crippen LogP contribution >= 0.6 is 0 Å². The van der Waals surface area contributed by atoms with Crippen LogP contribution in [0.5, 0.6) is 0 Å². The normalized spacial score (nSPS) is 19.5. The number of carbonyl (C=O) groups is 2. The molecule has 132 valence electrons. The topological polar surface area (TPSA) is 90.5 Å². The molecule has 3 atom stereocenters. The second-order valence-electron chi connectivity index (χ2n) is 6.37. The summed E-state index contributed by atoms with van der Waals surface area (Å²) in [6.45, 7) is 4.77. The van der Waals surface area contributed by atoms with Crippen LogP contribution < -0.4 is 16.0 Å². The van der Waals surface area contributed by atoms with E-state index in [-0.39, 0.29) is 30.4 Å². The smallest absolute Gasteiger partial charge is 0.247 e. The van der Waals surface area contributed by atoms with E-state index in [1.807, 2.05) is 13.8 Å². The molecule has 1 aliphatic heterocycles. The fraction of sp³-hybridized carbons (Fsp3) is 0.556. The van der Waals surface area contributed by atoms with Crippen LogP contribution in [0.1, 0.15) is 38.7 Å². The summed E-state index contributed by atoms with van der Waals surface area (Å²) in [4.78, 5) is 25.0. The molecule has 1 aliphatic rings. The summed E-state index contributed by atoms with van der Waals surface area (Å²) in [6, 6.07) is 6.24. The summed E-state index contributed by atoms with van der Waals surface area (Å²) in [5.41, 5.74) is 1.44. The van der Waals surface area contributed by atoms with Crippen LogP contribution in [-0.2, 0) is 16.2 Å². The summed E-state index contributed by atoms with van der Waals surface area (Å²) in [5.74, 6) is -0.289. The maximum Gasteiger partial charge on any atom is 0.247 e. The van der Waals surface area contributed by atoms with E-state index in [9.17, 15) is 9.59 Å². The van der Waals surface area contributed by atoms with Crippen LogP contribution in [0.2, 0.25) is 0 Å². The zero-order chi connectivity index (χ0) is 17.5. The molecule has 1 aromatic carbocycles. The van der Waals surface area contributed by atoms with Gasteiger partial charge >= 0.3 is 0 Å². The van der Waals surface area contributed by atoms with Gasteiger partial charge in [0.2, 0.25) is 11.8 Å². The van der Waals surface area contributed by atoms with Crippen LogP contribution in [0, 0.1) is 5.92 Å². The quantitative estimate of drug-likeness (QED) is 0.607. The Kier molecular flexibility index (Phi) is 6.75. The van der Waals surface area contributed by atoms with Crippen LogP contribution in [0.15, 0.2) is 24.3 Å². The molecule has 2 unspecified atom stereocenters. The second-order valence-corrected chi connectivity index (χ2v) is 6.37. The number of anilines is 1. The van der Waals surface area contributed by atoms with Crippen molar-refractivity contribution in [3.05, 3.63) is 29.8 Å². The number of carbonyl (C=O) groups excluding carboxylic acids is 2. The molecular weight excluding hydrogens is 306 g/mol. The van der Waals surface area contributed by atoms with Gasteiger partial charge in [0, 0.05) is 5.69 Å². The molecule has 6 nitrogen and oxygen atoms in total. The molecule has 6 heteroatoms. The van der Waals surface area contributed by atoms with Gasteiger partial charge in [0.25, 0.3) is 0 Å². The molecule has 0 spiro atoms. The first-order chi connectivity index (χ1) is 11.5. The van der Waals surface area contributed by atoms with Gasteiger partial charge in [0.05, 0.1) is 12.6 Å². The van der Waals surface area contributed by atoms with Gasteiger partial charge < -0.3 is 21.1 Å². The second kappa shape index (κ2) is 8.80. The zero-order valence-corrected chi connectivity index (χ0v) is 14.3. The Hall–Kier alpha value is -1.92. The summed E-state index contributed by atoms with van der Waals surface area (Å²) in [6.07, 6.45) is 2.58. The highest BCUT2D eigenvalue weighted by Gasteiger charge is 2.30. The maximum atomic E-state index is 12.6. The average Bonchev–Trinajstić information content (AvgIpc) is 3.14. The monoisotopic (exact) mass is 333 g/mol. The summed E-state index contributed by atoms with van der Waals surface area (Å²) >= 11 is 0. The van der Waals surface area contributed by atoms with Gasteiger partial charge in [-0.15, -0.1) is 0 Å². The first-order valence-corrected chi connectivity index (χ1v) is 8.59. The van der Waals surface area contributed by atoms with Crippen molar-refractivity contribution in [2.24, 2.45) is 5.92 Å². The molecule has 2 rings (SSSR count). The van der Waals surface area contributed by atoms with Crippen molar-refractivity contribution in [1.82, 2.24) is 10.6 Å². The highest BCUT2D eigenvalue weighted by molar-refractivity contribution is 5.98. The van der Waals surface area contributed by atoms with Crippen LogP contribution in [-0.4, -0.2) is 35.5 Å². The minimum Gasteiger partial charge on any atom is -0.392 e. The van der Waals surface area contributed by atoms with Crippen molar-refractivity contribution >= 4 is 17.5 Å². The van der Waals surface area contributed by atoms with E-state index in [0.717, 1.165) is 31.4 Å². The number of aliphatic hydroxyl groups excluding tert-OH is 1. The third kappa shape index (κ3) is 4.79. The minimum atomic E-state index is -0.567. The molecule has 0 aromatic heterocycles. The lowest BCUT2D eigenvalue weighted by Gasteiger charge is -2.25. The summed E-state index contributed by atoms with van der Waals surface area (Å²) in [7, 11) is 0. The molecule has 0 radical (unpaired) electrons. The van der Waals surface area contributed by atoms with Crippen LogP contribution in [0.3, 0.4) is 0 Å². The number of amides is 2. The van der Waals surface area contributed by atoms with Crippen molar-refractivity contribution in [3.8, 4) is 0 Å². The van der Waals surface area contributed by atoms with Crippen molar-refractivity contribution in [1.29, 1.82) is 0 Å². The fourth-order valence-electron chi connectivity index (χ4n) is 2.78. The van der Waals surface area contributed by atoms with E-state index in [1.54, 1.807) is 24.3 Å². The van der Waals surface area contributed by atoms with Gasteiger partial charge in [-0.25, -0.2) is 0 Å². The number of nitrogens with one attached hydrogen (secondary N) is 3. The Bertz CT molecular complexity index is 553. The number of hydrogen-bond acceptors (Lipinski definition) is 4. The first-order valence-electron chi connectivity index (χ1n) is 8.59. The fourth-order valence-corrected chi connectivity index (χ4v) is 2.78. The first kappa shape index (κ1) is 18.4. The summed E-state index contributed by atoms with van der Waals surface area (Å²) < 4.78 is 0. The van der Waals surface area contributed by atoms with Crippen molar-refractivity contribution < 1.29 is 14.7 Å². The van der Waals surface area contributed by atoms with E-state index in [0.29, 0.717) is 5.69 Å². The molecule has 1 aromatic rings. The molecule has 2 amide bonds. The lowest BCUT2D eigenvalue weighted by atomic mass is 9.97. The molecule has 24 heavy (non-hydrogen) atoms. The van der Waals surface area contributed by atoms with E-state index in [4.69, 9.17) is 5.11 Å². The molecule has 0 aliphatic carbocycles. The molecule has 1 saturated heterocycles. The van der Waals surface area contributed by atoms with Gasteiger partial charge in [0.1, 0.15) is 6.04 Å². The van der Waals surface area contributed by atoms with Crippen molar-refractivity contribution in [3.63, 3.8) is 0 Å². The molecular formula is C18H27N3O3. The lowest BCUT2D eigenvalue weighted by Crippen LogP contribution is -2.52. The van der Waals surface area contributed by atoms with Gasteiger partial charge in [-0.3, -0.25) is 9.59 Å². The maximum absolute atomic E-state index is 12.6. The van der Waals surface area contributed by atoms with E-state index in [2.05, 4.69) is 16.0 Å². The Labute approximate surface area is 143 Å². The zero-order valence-electron chi connectivity index (χ0n) is 14.3. The highest BCUT2D eigenvalue weighted by atomic mass is 16.3. The van der Waals surface area contributed by atoms with Crippen LogP contribution in [0.4, 0.5) is 5.69 Å². The van der Waals surface area contributed by atoms with Crippen molar-refractivity contribution in [2.75, 3.05) is 11.9 Å². The van der Waals surface area contributed by atoms with Gasteiger partial charge in [-0.05, 0) is 43.0 Å². The van der Waals surface area contributed by atoms with E-state index in [1.165, 1.54) is 0 Å².